The van der Waals surface area contributed by atoms with Gasteiger partial charge in [0, 0.05) is 12.1 Å². The van der Waals surface area contributed by atoms with Crippen molar-refractivity contribution in [3.63, 3.8) is 0 Å². The third-order valence-corrected chi connectivity index (χ3v) is 7.09. The number of benzene rings is 4. The van der Waals surface area contributed by atoms with Crippen molar-refractivity contribution in [1.29, 1.82) is 0 Å². The molecule has 1 N–H and O–H groups in total. The monoisotopic (exact) mass is 546 g/mol. The van der Waals surface area contributed by atoms with Crippen molar-refractivity contribution in [2.75, 3.05) is 24.8 Å². The van der Waals surface area contributed by atoms with Crippen LogP contribution in [0.4, 0.5) is 5.69 Å². The van der Waals surface area contributed by atoms with Crippen LogP contribution in [0.3, 0.4) is 0 Å². The quantitative estimate of drug-likeness (QED) is 0.271. The molecule has 0 aliphatic heterocycles. The summed E-state index contributed by atoms with van der Waals surface area (Å²) in [6, 6.07) is 28.5. The lowest BCUT2D eigenvalue weighted by Crippen LogP contribution is -2.29. The fourth-order valence-corrected chi connectivity index (χ4v) is 4.80. The third kappa shape index (κ3) is 7.30. The van der Waals surface area contributed by atoms with Gasteiger partial charge in [-0.2, -0.15) is 0 Å². The van der Waals surface area contributed by atoms with Gasteiger partial charge in [0.1, 0.15) is 11.5 Å². The lowest BCUT2D eigenvalue weighted by molar-refractivity contribution is 0.0951. The molecule has 0 bridgehead atoms. The minimum atomic E-state index is -3.57. The number of amides is 1. The summed E-state index contributed by atoms with van der Waals surface area (Å²) in [5, 5.41) is 2.88. The predicted molar refractivity (Wildman–Crippen MR) is 151 cm³/mol. The average molecular weight is 547 g/mol. The molecule has 0 saturated carbocycles. The normalized spacial score (nSPS) is 10.9. The Labute approximate surface area is 228 Å². The first-order valence-electron chi connectivity index (χ1n) is 12.2. The maximum Gasteiger partial charge on any atom is 0.251 e. The molecule has 0 aliphatic rings. The Kier molecular flexibility index (Phi) is 8.73. The Balaban J connectivity index is 1.40. The zero-order valence-corrected chi connectivity index (χ0v) is 22.8. The zero-order valence-electron chi connectivity index (χ0n) is 22.0. The smallest absolute Gasteiger partial charge is 0.251 e. The summed E-state index contributed by atoms with van der Waals surface area (Å²) in [5.41, 5.74) is 2.57. The SMILES string of the molecule is COc1ccc(CNC(=O)c2ccc(CN(c3ccc(Oc4ccccc4)cc3)S(C)(=O)=O)cc2)cc1OC. The van der Waals surface area contributed by atoms with Gasteiger partial charge in [0.05, 0.1) is 32.7 Å². The van der Waals surface area contributed by atoms with Gasteiger partial charge in [-0.3, -0.25) is 9.10 Å². The van der Waals surface area contributed by atoms with Gasteiger partial charge in [-0.1, -0.05) is 36.4 Å². The van der Waals surface area contributed by atoms with Crippen LogP contribution in [0.1, 0.15) is 21.5 Å². The van der Waals surface area contributed by atoms with Crippen molar-refractivity contribution in [2.45, 2.75) is 13.1 Å². The molecule has 0 unspecified atom stereocenters. The van der Waals surface area contributed by atoms with E-state index in [0.29, 0.717) is 40.8 Å². The predicted octanol–water partition coefficient (Wildman–Crippen LogP) is 5.39. The van der Waals surface area contributed by atoms with E-state index in [2.05, 4.69) is 5.32 Å². The standard InChI is InChI=1S/C30H30N2O6S/c1-36-28-18-11-23(19-29(28)37-2)20-31-30(33)24-12-9-22(10-13-24)21-32(39(3,34)35)25-14-16-27(17-15-25)38-26-7-5-4-6-8-26/h4-19H,20-21H2,1-3H3,(H,31,33). The van der Waals surface area contributed by atoms with Crippen molar-refractivity contribution in [3.05, 3.63) is 114 Å². The Bertz CT molecular complexity index is 1510. The maximum absolute atomic E-state index is 12.7. The second-order valence-corrected chi connectivity index (χ2v) is 10.7. The van der Waals surface area contributed by atoms with Crippen LogP contribution in [0.25, 0.3) is 0 Å². The number of carbonyl (C=O) groups excluding carboxylic acids is 1. The van der Waals surface area contributed by atoms with Gasteiger partial charge in [-0.15, -0.1) is 0 Å². The number of nitrogens with zero attached hydrogens (tertiary/aromatic N) is 1. The highest BCUT2D eigenvalue weighted by Gasteiger charge is 2.18. The van der Waals surface area contributed by atoms with Crippen LogP contribution >= 0.6 is 0 Å². The van der Waals surface area contributed by atoms with E-state index in [9.17, 15) is 13.2 Å². The minimum Gasteiger partial charge on any atom is -0.493 e. The topological polar surface area (TPSA) is 94.2 Å². The van der Waals surface area contributed by atoms with Crippen LogP contribution in [-0.4, -0.2) is 34.8 Å². The molecule has 4 rings (SSSR count). The molecule has 4 aromatic rings. The molecule has 0 spiro atoms. The van der Waals surface area contributed by atoms with Crippen LogP contribution in [0, 0.1) is 0 Å². The fourth-order valence-electron chi connectivity index (χ4n) is 3.91. The Morgan fingerprint density at radius 3 is 2.00 bits per heavy atom. The molecule has 39 heavy (non-hydrogen) atoms. The first-order chi connectivity index (χ1) is 18.8. The Morgan fingerprint density at radius 1 is 0.769 bits per heavy atom. The molecule has 0 radical (unpaired) electrons. The lowest BCUT2D eigenvalue weighted by atomic mass is 10.1. The molecular weight excluding hydrogens is 516 g/mol. The number of hydrogen-bond donors (Lipinski definition) is 1. The number of sulfonamides is 1. The van der Waals surface area contributed by atoms with Gasteiger partial charge in [-0.05, 0) is 71.8 Å². The zero-order chi connectivity index (χ0) is 27.8. The number of rotatable bonds is 11. The summed E-state index contributed by atoms with van der Waals surface area (Å²) < 4.78 is 42.9. The lowest BCUT2D eigenvalue weighted by Gasteiger charge is -2.23. The van der Waals surface area contributed by atoms with Gasteiger partial charge in [0.2, 0.25) is 10.0 Å². The van der Waals surface area contributed by atoms with Gasteiger partial charge >= 0.3 is 0 Å². The van der Waals surface area contributed by atoms with Crippen LogP contribution in [-0.2, 0) is 23.1 Å². The molecule has 0 aromatic heterocycles. The van der Waals surface area contributed by atoms with Gasteiger partial charge < -0.3 is 19.5 Å². The molecule has 0 fully saturated rings. The van der Waals surface area contributed by atoms with E-state index in [1.807, 2.05) is 42.5 Å². The largest absolute Gasteiger partial charge is 0.493 e. The van der Waals surface area contributed by atoms with Gasteiger partial charge in [0.15, 0.2) is 11.5 Å². The number of ether oxygens (including phenoxy) is 3. The van der Waals surface area contributed by atoms with Crippen LogP contribution in [0.15, 0.2) is 97.1 Å². The number of anilines is 1. The Morgan fingerprint density at radius 2 is 1.38 bits per heavy atom. The average Bonchev–Trinajstić information content (AvgIpc) is 2.95. The molecule has 1 amide bonds. The number of para-hydroxylation sites is 1. The van der Waals surface area contributed by atoms with Crippen LogP contribution < -0.4 is 23.8 Å². The molecule has 0 saturated heterocycles. The molecule has 0 heterocycles. The van der Waals surface area contributed by atoms with E-state index in [1.54, 1.807) is 68.8 Å². The summed E-state index contributed by atoms with van der Waals surface area (Å²) in [6.07, 6.45) is 1.16. The number of nitrogens with one attached hydrogen (secondary N) is 1. The third-order valence-electron chi connectivity index (χ3n) is 5.95. The highest BCUT2D eigenvalue weighted by Crippen LogP contribution is 2.28. The fraction of sp³-hybridized carbons (Fsp3) is 0.167. The van der Waals surface area contributed by atoms with Crippen molar-refractivity contribution in [3.8, 4) is 23.0 Å². The van der Waals surface area contributed by atoms with Crippen LogP contribution in [0.5, 0.6) is 23.0 Å². The van der Waals surface area contributed by atoms with E-state index in [4.69, 9.17) is 14.2 Å². The molecule has 8 nitrogen and oxygen atoms in total. The summed E-state index contributed by atoms with van der Waals surface area (Å²) in [5.74, 6) is 2.25. The second kappa shape index (κ2) is 12.4. The molecule has 0 atom stereocenters. The summed E-state index contributed by atoms with van der Waals surface area (Å²) in [6.45, 7) is 0.429. The van der Waals surface area contributed by atoms with Crippen molar-refractivity contribution < 1.29 is 27.4 Å². The molecule has 0 aliphatic carbocycles. The molecule has 202 valence electrons. The second-order valence-electron chi connectivity index (χ2n) is 8.75. The minimum absolute atomic E-state index is 0.116. The highest BCUT2D eigenvalue weighted by atomic mass is 32.2. The Hall–Kier alpha value is -4.50. The van der Waals surface area contributed by atoms with E-state index < -0.39 is 10.0 Å². The summed E-state index contributed by atoms with van der Waals surface area (Å²) >= 11 is 0. The van der Waals surface area contributed by atoms with E-state index >= 15 is 0 Å². The maximum atomic E-state index is 12.7. The number of hydrogen-bond acceptors (Lipinski definition) is 6. The van der Waals surface area contributed by atoms with Crippen molar-refractivity contribution in [2.24, 2.45) is 0 Å². The highest BCUT2D eigenvalue weighted by molar-refractivity contribution is 7.92. The van der Waals surface area contributed by atoms with Crippen molar-refractivity contribution >= 4 is 21.6 Å². The van der Waals surface area contributed by atoms with E-state index in [-0.39, 0.29) is 12.5 Å². The summed E-state index contributed by atoms with van der Waals surface area (Å²) in [7, 11) is -0.447. The number of methoxy groups -OCH3 is 2. The van der Waals surface area contributed by atoms with E-state index in [0.717, 1.165) is 17.4 Å². The molecule has 9 heteroatoms. The summed E-state index contributed by atoms with van der Waals surface area (Å²) in [4.78, 5) is 12.7. The number of carbonyl (C=O) groups is 1. The first-order valence-corrected chi connectivity index (χ1v) is 14.0. The van der Waals surface area contributed by atoms with Gasteiger partial charge in [-0.25, -0.2) is 8.42 Å². The van der Waals surface area contributed by atoms with E-state index in [1.165, 1.54) is 4.31 Å². The van der Waals surface area contributed by atoms with Crippen molar-refractivity contribution in [1.82, 2.24) is 5.32 Å². The molecule has 4 aromatic carbocycles. The molecular formula is C30H30N2O6S. The van der Waals surface area contributed by atoms with Crippen LogP contribution in [0.2, 0.25) is 0 Å². The first kappa shape index (κ1) is 27.5. The van der Waals surface area contributed by atoms with Gasteiger partial charge in [0.25, 0.3) is 5.91 Å².